The van der Waals surface area contributed by atoms with Crippen molar-refractivity contribution in [3.8, 4) is 22.9 Å². The van der Waals surface area contributed by atoms with Gasteiger partial charge in [0.2, 0.25) is 5.88 Å². The van der Waals surface area contributed by atoms with Crippen molar-refractivity contribution in [3.63, 3.8) is 0 Å². The molecule has 1 atom stereocenters. The third-order valence-electron chi connectivity index (χ3n) is 6.87. The normalized spacial score (nSPS) is 22.3. The second kappa shape index (κ2) is 10.7. The van der Waals surface area contributed by atoms with Gasteiger partial charge in [0.15, 0.2) is 0 Å². The van der Waals surface area contributed by atoms with Crippen LogP contribution in [0.15, 0.2) is 36.5 Å². The maximum absolute atomic E-state index is 10.8. The Kier molecular flexibility index (Phi) is 7.87. The molecule has 196 valence electrons. The highest BCUT2D eigenvalue weighted by Gasteiger charge is 2.38. The fourth-order valence-electron chi connectivity index (χ4n) is 5.52. The van der Waals surface area contributed by atoms with Crippen LogP contribution in [0.4, 0.5) is 0 Å². The maximum atomic E-state index is 10.8. The van der Waals surface area contributed by atoms with Gasteiger partial charge in [0, 0.05) is 55.4 Å². The zero-order chi connectivity index (χ0) is 25.9. The number of phenolic OH excluding ortho intramolecular Hbond substituents is 1. The summed E-state index contributed by atoms with van der Waals surface area (Å²) in [6, 6.07) is 9.31. The first-order valence-electron chi connectivity index (χ1n) is 12.9. The first-order valence-corrected chi connectivity index (χ1v) is 12.9. The van der Waals surface area contributed by atoms with Crippen LogP contribution in [0.2, 0.25) is 0 Å². The highest BCUT2D eigenvalue weighted by Crippen LogP contribution is 2.33. The van der Waals surface area contributed by atoms with E-state index < -0.39 is 0 Å². The van der Waals surface area contributed by atoms with Crippen molar-refractivity contribution in [1.29, 1.82) is 0 Å². The summed E-state index contributed by atoms with van der Waals surface area (Å²) in [5.41, 5.74) is 6.37. The Hall–Kier alpha value is -2.68. The monoisotopic (exact) mass is 495 g/mol. The van der Waals surface area contributed by atoms with Crippen LogP contribution in [0.3, 0.4) is 0 Å². The van der Waals surface area contributed by atoms with E-state index in [-0.39, 0.29) is 29.2 Å². The smallest absolute Gasteiger partial charge is 0.233 e. The van der Waals surface area contributed by atoms with Gasteiger partial charge in [-0.25, -0.2) is 5.43 Å². The molecular weight excluding hydrogens is 454 g/mol. The average molecular weight is 496 g/mol. The van der Waals surface area contributed by atoms with Gasteiger partial charge in [-0.2, -0.15) is 0 Å². The molecule has 36 heavy (non-hydrogen) atoms. The molecule has 0 saturated carbocycles. The van der Waals surface area contributed by atoms with Crippen LogP contribution in [-0.2, 0) is 4.74 Å². The minimum Gasteiger partial charge on any atom is -0.507 e. The first-order chi connectivity index (χ1) is 17.0. The molecule has 1 aromatic carbocycles. The van der Waals surface area contributed by atoms with Crippen LogP contribution >= 0.6 is 0 Å². The summed E-state index contributed by atoms with van der Waals surface area (Å²) in [6.07, 6.45) is 7.15. The van der Waals surface area contributed by atoms with Crippen molar-refractivity contribution in [2.24, 2.45) is 0 Å². The Morgan fingerprint density at radius 1 is 1.14 bits per heavy atom. The summed E-state index contributed by atoms with van der Waals surface area (Å²) < 4.78 is 12.1. The molecule has 0 aliphatic carbocycles. The predicted octanol–water partition coefficient (Wildman–Crippen LogP) is 4.86. The molecule has 2 saturated heterocycles. The van der Waals surface area contributed by atoms with E-state index >= 15 is 0 Å². The lowest BCUT2D eigenvalue weighted by Crippen LogP contribution is -2.60. The summed E-state index contributed by atoms with van der Waals surface area (Å²) in [5, 5.41) is 25.1. The number of piperidine rings is 1. The molecular formula is C28H41N5O3. The Morgan fingerprint density at radius 3 is 2.47 bits per heavy atom. The van der Waals surface area contributed by atoms with Gasteiger partial charge in [-0.15, -0.1) is 10.2 Å². The van der Waals surface area contributed by atoms with Gasteiger partial charge in [0.05, 0.1) is 5.69 Å². The van der Waals surface area contributed by atoms with E-state index in [1.54, 1.807) is 6.07 Å². The molecule has 3 heterocycles. The molecule has 1 aromatic heterocycles. The van der Waals surface area contributed by atoms with Crippen LogP contribution in [0.5, 0.6) is 11.6 Å². The van der Waals surface area contributed by atoms with Gasteiger partial charge in [-0.1, -0.05) is 6.07 Å². The fraction of sp³-hybridized carbons (Fsp3) is 0.571. The number of benzene rings is 1. The molecule has 2 aliphatic heterocycles. The lowest BCUT2D eigenvalue weighted by atomic mass is 9.81. The van der Waals surface area contributed by atoms with Crippen molar-refractivity contribution >= 4 is 5.57 Å². The highest BCUT2D eigenvalue weighted by molar-refractivity contribution is 5.73. The molecule has 1 unspecified atom stereocenters. The van der Waals surface area contributed by atoms with E-state index in [0.717, 1.165) is 49.8 Å². The van der Waals surface area contributed by atoms with Crippen LogP contribution in [0.1, 0.15) is 72.3 Å². The van der Waals surface area contributed by atoms with Crippen LogP contribution in [0, 0.1) is 0 Å². The molecule has 0 amide bonds. The minimum absolute atomic E-state index is 0.00640. The zero-order valence-corrected chi connectivity index (χ0v) is 22.5. The zero-order valence-electron chi connectivity index (χ0n) is 22.5. The van der Waals surface area contributed by atoms with Crippen molar-refractivity contribution in [3.05, 3.63) is 42.1 Å². The molecule has 8 heteroatoms. The minimum atomic E-state index is -0.00640. The SMILES string of the molecule is CNN(/C=C(\C)c1ccc(-c2ccc(OC3CC(C)(C)NC(C)(C)C3)nn2)c(O)c1)C1CCCCO1. The molecule has 2 aromatic rings. The lowest BCUT2D eigenvalue weighted by Gasteiger charge is -2.46. The maximum Gasteiger partial charge on any atom is 0.233 e. The number of hydrogen-bond donors (Lipinski definition) is 3. The number of allylic oxidation sites excluding steroid dienone is 1. The summed E-state index contributed by atoms with van der Waals surface area (Å²) in [4.78, 5) is 0. The quantitative estimate of drug-likeness (QED) is 0.469. The summed E-state index contributed by atoms with van der Waals surface area (Å²) in [5.74, 6) is 0.666. The van der Waals surface area contributed by atoms with Crippen molar-refractivity contribution in [1.82, 2.24) is 25.9 Å². The number of rotatable bonds is 7. The Bertz CT molecular complexity index is 1050. The molecule has 0 radical (unpaired) electrons. The third kappa shape index (κ3) is 6.55. The summed E-state index contributed by atoms with van der Waals surface area (Å²) in [7, 11) is 1.89. The number of phenols is 1. The van der Waals surface area contributed by atoms with E-state index in [0.29, 0.717) is 17.1 Å². The predicted molar refractivity (Wildman–Crippen MR) is 142 cm³/mol. The van der Waals surface area contributed by atoms with E-state index in [9.17, 15) is 5.11 Å². The van der Waals surface area contributed by atoms with Gasteiger partial charge in [0.25, 0.3) is 0 Å². The van der Waals surface area contributed by atoms with Crippen LogP contribution in [-0.4, -0.2) is 57.4 Å². The highest BCUT2D eigenvalue weighted by atomic mass is 16.5. The van der Waals surface area contributed by atoms with E-state index in [2.05, 4.69) is 48.6 Å². The van der Waals surface area contributed by atoms with Crippen LogP contribution in [0.25, 0.3) is 16.8 Å². The largest absolute Gasteiger partial charge is 0.507 e. The van der Waals surface area contributed by atoms with Crippen LogP contribution < -0.4 is 15.5 Å². The second-order valence-corrected chi connectivity index (χ2v) is 11.3. The molecule has 3 N–H and O–H groups in total. The summed E-state index contributed by atoms with van der Waals surface area (Å²) in [6.45, 7) is 11.6. The first kappa shape index (κ1) is 26.4. The van der Waals surface area contributed by atoms with Gasteiger partial charge in [-0.05, 0) is 83.2 Å². The molecule has 2 fully saturated rings. The van der Waals surface area contributed by atoms with Gasteiger partial charge in [0.1, 0.15) is 18.1 Å². The summed E-state index contributed by atoms with van der Waals surface area (Å²) >= 11 is 0. The lowest BCUT2D eigenvalue weighted by molar-refractivity contribution is -0.0814. The Balaban J connectivity index is 1.45. The van der Waals surface area contributed by atoms with Crippen molar-refractivity contribution in [2.75, 3.05) is 13.7 Å². The van der Waals surface area contributed by atoms with Gasteiger partial charge < -0.3 is 19.9 Å². The fourth-order valence-corrected chi connectivity index (χ4v) is 5.52. The van der Waals surface area contributed by atoms with E-state index in [1.165, 1.54) is 0 Å². The Labute approximate surface area is 215 Å². The van der Waals surface area contributed by atoms with E-state index in [1.807, 2.05) is 49.4 Å². The number of ether oxygens (including phenoxy) is 2. The Morgan fingerprint density at radius 2 is 1.89 bits per heavy atom. The molecule has 8 nitrogen and oxygen atoms in total. The number of aromatic nitrogens is 2. The van der Waals surface area contributed by atoms with Gasteiger partial charge in [-0.3, -0.25) is 5.01 Å². The number of hydrazine groups is 1. The standard InChI is InChI=1S/C28H41N5O3/c1-19(18-33(29-6)26-9-7-8-14-35-26)20-10-11-22(24(34)15-20)23-12-13-25(31-30-23)36-21-16-27(2,3)32-28(4,5)17-21/h10-13,15,18,21,26,29,32,34H,7-9,14,16-17H2,1-6H3/b19-18+. The number of nitrogens with zero attached hydrogens (tertiary/aromatic N) is 3. The molecule has 4 rings (SSSR count). The topological polar surface area (TPSA) is 91.8 Å². The second-order valence-electron chi connectivity index (χ2n) is 11.3. The molecule has 0 spiro atoms. The number of nitrogens with one attached hydrogen (secondary N) is 2. The van der Waals surface area contributed by atoms with Gasteiger partial charge >= 0.3 is 0 Å². The molecule has 0 bridgehead atoms. The van der Waals surface area contributed by atoms with Crippen molar-refractivity contribution in [2.45, 2.75) is 90.1 Å². The average Bonchev–Trinajstić information content (AvgIpc) is 2.81. The number of aromatic hydroxyl groups is 1. The van der Waals surface area contributed by atoms with Crippen molar-refractivity contribution < 1.29 is 14.6 Å². The molecule has 2 aliphatic rings. The van der Waals surface area contributed by atoms with E-state index in [4.69, 9.17) is 9.47 Å². The number of hydrogen-bond acceptors (Lipinski definition) is 8. The third-order valence-corrected chi connectivity index (χ3v) is 6.87.